The number of rotatable bonds is 6. The molecular formula is C26H16N2O6. The lowest BCUT2D eigenvalue weighted by molar-refractivity contribution is 0.0600. The van der Waals surface area contributed by atoms with E-state index >= 15 is 0 Å². The maximum absolute atomic E-state index is 11.6. The Bertz CT molecular complexity index is 1490. The van der Waals surface area contributed by atoms with Crippen molar-refractivity contribution in [3.63, 3.8) is 0 Å². The molecule has 0 atom stereocenters. The zero-order valence-electron chi connectivity index (χ0n) is 17.8. The molecule has 5 rings (SSSR count). The lowest BCUT2D eigenvalue weighted by Gasteiger charge is -2.00. The standard InChI is InChI=1S/C26H16N2O6/c1-30-26(29)17-8-6-16(7-9-17)20-11-10-18(33-20)15-28-25-19(14-27)23(21-4-2-12-31-21)24(34-25)22-5-3-13-32-22/h2-13,15H,1H3. The Balaban J connectivity index is 1.47. The average Bonchev–Trinajstić information content (AvgIpc) is 3.68. The molecule has 0 fully saturated rings. The second-order valence-electron chi connectivity index (χ2n) is 7.08. The normalized spacial score (nSPS) is 11.1. The highest BCUT2D eigenvalue weighted by Crippen LogP contribution is 2.42. The highest BCUT2D eigenvalue weighted by molar-refractivity contribution is 5.90. The Morgan fingerprint density at radius 1 is 0.941 bits per heavy atom. The fourth-order valence-corrected chi connectivity index (χ4v) is 3.44. The minimum Gasteiger partial charge on any atom is -0.465 e. The van der Waals surface area contributed by atoms with Gasteiger partial charge in [0.2, 0.25) is 5.88 Å². The van der Waals surface area contributed by atoms with Crippen LogP contribution >= 0.6 is 0 Å². The van der Waals surface area contributed by atoms with Crippen molar-refractivity contribution in [3.8, 4) is 40.2 Å². The molecule has 8 nitrogen and oxygen atoms in total. The largest absolute Gasteiger partial charge is 0.465 e. The predicted octanol–water partition coefficient (Wildman–Crippen LogP) is 6.47. The summed E-state index contributed by atoms with van der Waals surface area (Å²) in [5, 5.41) is 9.83. The van der Waals surface area contributed by atoms with Gasteiger partial charge in [0, 0.05) is 5.56 Å². The summed E-state index contributed by atoms with van der Waals surface area (Å²) < 4.78 is 27.4. The van der Waals surface area contributed by atoms with Crippen molar-refractivity contribution < 1.29 is 27.2 Å². The molecule has 34 heavy (non-hydrogen) atoms. The van der Waals surface area contributed by atoms with Gasteiger partial charge in [0.1, 0.15) is 28.9 Å². The van der Waals surface area contributed by atoms with Crippen LogP contribution in [0.4, 0.5) is 5.88 Å². The molecule has 8 heteroatoms. The second-order valence-corrected chi connectivity index (χ2v) is 7.08. The van der Waals surface area contributed by atoms with Crippen LogP contribution in [0.15, 0.2) is 95.9 Å². The van der Waals surface area contributed by atoms with Crippen LogP contribution in [0.3, 0.4) is 0 Å². The van der Waals surface area contributed by atoms with Crippen LogP contribution in [0.2, 0.25) is 0 Å². The van der Waals surface area contributed by atoms with Gasteiger partial charge in [-0.2, -0.15) is 5.26 Å². The maximum atomic E-state index is 11.6. The van der Waals surface area contributed by atoms with E-state index in [-0.39, 0.29) is 11.4 Å². The molecule has 0 N–H and O–H groups in total. The van der Waals surface area contributed by atoms with E-state index in [4.69, 9.17) is 22.4 Å². The van der Waals surface area contributed by atoms with Crippen molar-refractivity contribution >= 4 is 18.1 Å². The smallest absolute Gasteiger partial charge is 0.337 e. The molecule has 0 aliphatic carbocycles. The van der Waals surface area contributed by atoms with E-state index in [1.165, 1.54) is 25.9 Å². The zero-order valence-corrected chi connectivity index (χ0v) is 17.8. The van der Waals surface area contributed by atoms with Crippen LogP contribution in [-0.4, -0.2) is 19.3 Å². The monoisotopic (exact) mass is 452 g/mol. The van der Waals surface area contributed by atoms with Crippen molar-refractivity contribution in [2.45, 2.75) is 0 Å². The SMILES string of the molecule is COC(=O)c1ccc(-c2ccc(C=Nc3oc(-c4ccco4)c(-c4ccco4)c3C#N)o2)cc1. The number of nitriles is 1. The molecule has 4 aromatic heterocycles. The number of carbonyl (C=O) groups excluding carboxylic acids is 1. The van der Waals surface area contributed by atoms with Gasteiger partial charge in [-0.05, 0) is 48.5 Å². The molecule has 166 valence electrons. The first kappa shape index (κ1) is 20.8. The number of methoxy groups -OCH3 is 1. The Labute approximate surface area is 193 Å². The Morgan fingerprint density at radius 3 is 2.32 bits per heavy atom. The summed E-state index contributed by atoms with van der Waals surface area (Å²) in [7, 11) is 1.33. The molecule has 4 heterocycles. The molecule has 0 radical (unpaired) electrons. The van der Waals surface area contributed by atoms with Gasteiger partial charge in [0.15, 0.2) is 11.5 Å². The first-order valence-corrected chi connectivity index (χ1v) is 10.1. The van der Waals surface area contributed by atoms with Gasteiger partial charge in [0.25, 0.3) is 0 Å². The molecular weight excluding hydrogens is 436 g/mol. The van der Waals surface area contributed by atoms with Gasteiger partial charge < -0.3 is 22.4 Å². The van der Waals surface area contributed by atoms with Crippen molar-refractivity contribution in [2.24, 2.45) is 4.99 Å². The summed E-state index contributed by atoms with van der Waals surface area (Å²) in [6.45, 7) is 0. The van der Waals surface area contributed by atoms with Gasteiger partial charge in [0.05, 0.1) is 37.0 Å². The number of furan rings is 4. The highest BCUT2D eigenvalue weighted by atomic mass is 16.5. The van der Waals surface area contributed by atoms with Crippen molar-refractivity contribution in [1.82, 2.24) is 0 Å². The van der Waals surface area contributed by atoms with E-state index in [0.717, 1.165) is 5.56 Å². The van der Waals surface area contributed by atoms with Crippen LogP contribution in [0, 0.1) is 11.3 Å². The molecule has 1 aromatic carbocycles. The van der Waals surface area contributed by atoms with Gasteiger partial charge in [-0.1, -0.05) is 12.1 Å². The van der Waals surface area contributed by atoms with Gasteiger partial charge in [-0.15, -0.1) is 0 Å². The summed E-state index contributed by atoms with van der Waals surface area (Å²) in [5.74, 6) is 1.98. The summed E-state index contributed by atoms with van der Waals surface area (Å²) in [6, 6.07) is 19.4. The number of ether oxygens (including phenoxy) is 1. The van der Waals surface area contributed by atoms with Gasteiger partial charge >= 0.3 is 5.97 Å². The summed E-state index contributed by atoms with van der Waals surface area (Å²) >= 11 is 0. The summed E-state index contributed by atoms with van der Waals surface area (Å²) in [4.78, 5) is 16.0. The third kappa shape index (κ3) is 3.82. The van der Waals surface area contributed by atoms with Crippen molar-refractivity contribution in [2.75, 3.05) is 7.11 Å². The number of hydrogen-bond donors (Lipinski definition) is 0. The zero-order chi connectivity index (χ0) is 23.5. The molecule has 0 amide bonds. The van der Waals surface area contributed by atoms with Gasteiger partial charge in [-0.3, -0.25) is 0 Å². The lowest BCUT2D eigenvalue weighted by atomic mass is 10.1. The molecule has 0 bridgehead atoms. The third-order valence-electron chi connectivity index (χ3n) is 5.04. The Morgan fingerprint density at radius 2 is 1.68 bits per heavy atom. The Kier molecular flexibility index (Phi) is 5.42. The lowest BCUT2D eigenvalue weighted by Crippen LogP contribution is -2.00. The molecule has 5 aromatic rings. The average molecular weight is 452 g/mol. The first-order chi connectivity index (χ1) is 16.7. The van der Waals surface area contributed by atoms with Crippen LogP contribution in [0.5, 0.6) is 0 Å². The van der Waals surface area contributed by atoms with Crippen molar-refractivity contribution in [3.05, 3.63) is 90.1 Å². The van der Waals surface area contributed by atoms with Crippen molar-refractivity contribution in [1.29, 1.82) is 5.26 Å². The maximum Gasteiger partial charge on any atom is 0.337 e. The van der Waals surface area contributed by atoms with Crippen LogP contribution in [0.1, 0.15) is 21.7 Å². The summed E-state index contributed by atoms with van der Waals surface area (Å²) in [6.07, 6.45) is 4.49. The van der Waals surface area contributed by atoms with Crippen LogP contribution < -0.4 is 0 Å². The minimum absolute atomic E-state index is 0.0979. The van der Waals surface area contributed by atoms with Gasteiger partial charge in [-0.25, -0.2) is 9.79 Å². The highest BCUT2D eigenvalue weighted by Gasteiger charge is 2.26. The fourth-order valence-electron chi connectivity index (χ4n) is 3.44. The summed E-state index contributed by atoms with van der Waals surface area (Å²) in [5.41, 5.74) is 1.90. The first-order valence-electron chi connectivity index (χ1n) is 10.1. The second kappa shape index (κ2) is 8.84. The molecule has 0 aliphatic rings. The molecule has 0 saturated carbocycles. The van der Waals surface area contributed by atoms with E-state index in [1.807, 2.05) is 0 Å². The molecule has 0 unspecified atom stereocenters. The molecule has 0 spiro atoms. The van der Waals surface area contributed by atoms with E-state index < -0.39 is 5.97 Å². The Hall–Kier alpha value is -5.03. The number of benzene rings is 1. The number of esters is 1. The van der Waals surface area contributed by atoms with E-state index in [2.05, 4.69) is 11.1 Å². The van der Waals surface area contributed by atoms with E-state index in [9.17, 15) is 10.1 Å². The quantitative estimate of drug-likeness (QED) is 0.214. The van der Waals surface area contributed by atoms with Crippen LogP contribution in [-0.2, 0) is 4.74 Å². The molecule has 0 saturated heterocycles. The van der Waals surface area contributed by atoms with E-state index in [0.29, 0.717) is 39.9 Å². The van der Waals surface area contributed by atoms with Crippen LogP contribution in [0.25, 0.3) is 34.2 Å². The van der Waals surface area contributed by atoms with E-state index in [1.54, 1.807) is 60.7 Å². The minimum atomic E-state index is -0.409. The fraction of sp³-hybridized carbons (Fsp3) is 0.0385. The molecule has 0 aliphatic heterocycles. The number of nitrogens with zero attached hydrogens (tertiary/aromatic N) is 2. The number of carbonyl (C=O) groups is 1. The predicted molar refractivity (Wildman–Crippen MR) is 122 cm³/mol. The number of hydrogen-bond acceptors (Lipinski definition) is 8. The third-order valence-corrected chi connectivity index (χ3v) is 5.04. The topological polar surface area (TPSA) is 115 Å². The number of aliphatic imine (C=N–C) groups is 1.